The molecule has 0 aliphatic carbocycles. The largest absolute Gasteiger partial charge is 0.468 e. The van der Waals surface area contributed by atoms with Crippen LogP contribution in [-0.4, -0.2) is 22.1 Å². The van der Waals surface area contributed by atoms with Crippen LogP contribution in [0.4, 0.5) is 13.2 Å². The zero-order valence-corrected chi connectivity index (χ0v) is 9.82. The van der Waals surface area contributed by atoms with Crippen molar-refractivity contribution in [2.75, 3.05) is 7.11 Å². The van der Waals surface area contributed by atoms with Gasteiger partial charge in [-0.05, 0) is 24.4 Å². The summed E-state index contributed by atoms with van der Waals surface area (Å²) in [5, 5.41) is 0. The molecular weight excluding hydrogens is 267 g/mol. The summed E-state index contributed by atoms with van der Waals surface area (Å²) in [4.78, 5) is 10.0. The Morgan fingerprint density at radius 2 is 1.78 bits per heavy atom. The number of benzene rings is 1. The summed E-state index contributed by atoms with van der Waals surface area (Å²) in [6.07, 6.45) is 0. The van der Waals surface area contributed by atoms with Gasteiger partial charge in [0.1, 0.15) is 5.82 Å². The molecule has 0 unspecified atom stereocenters. The number of hydrogen-bond acceptors (Lipinski definition) is 4. The molecule has 1 aromatic heterocycles. The zero-order valence-electron chi connectivity index (χ0n) is 9.00. The topological polar surface area (TPSA) is 50.8 Å². The highest BCUT2D eigenvalue weighted by molar-refractivity contribution is 7.71. The molecule has 1 N–H and O–H groups in total. The third-order valence-electron chi connectivity index (χ3n) is 2.08. The van der Waals surface area contributed by atoms with E-state index in [1.54, 1.807) is 0 Å². The van der Waals surface area contributed by atoms with E-state index >= 15 is 0 Å². The molecule has 94 valence electrons. The van der Waals surface area contributed by atoms with Gasteiger partial charge in [0.05, 0.1) is 7.11 Å². The van der Waals surface area contributed by atoms with Gasteiger partial charge in [-0.3, -0.25) is 4.98 Å². The van der Waals surface area contributed by atoms with Crippen molar-refractivity contribution < 1.29 is 17.9 Å². The second kappa shape index (κ2) is 4.73. The van der Waals surface area contributed by atoms with E-state index in [9.17, 15) is 13.2 Å². The van der Waals surface area contributed by atoms with Gasteiger partial charge in [0.2, 0.25) is 4.77 Å². The highest BCUT2D eigenvalue weighted by atomic mass is 32.1. The van der Waals surface area contributed by atoms with Crippen molar-refractivity contribution in [2.24, 2.45) is 0 Å². The van der Waals surface area contributed by atoms with E-state index in [0.29, 0.717) is 0 Å². The Balaban J connectivity index is 2.62. The van der Waals surface area contributed by atoms with Crippen LogP contribution in [0, 0.1) is 22.2 Å². The van der Waals surface area contributed by atoms with Crippen LogP contribution in [0.1, 0.15) is 0 Å². The second-order valence-electron chi connectivity index (χ2n) is 3.24. The van der Waals surface area contributed by atoms with E-state index in [1.165, 1.54) is 7.11 Å². The Morgan fingerprint density at radius 1 is 1.17 bits per heavy atom. The molecule has 0 amide bonds. The van der Waals surface area contributed by atoms with Gasteiger partial charge in [0.15, 0.2) is 17.5 Å². The number of rotatable bonds is 2. The number of halogens is 3. The van der Waals surface area contributed by atoms with Crippen molar-refractivity contribution in [3.63, 3.8) is 0 Å². The molecule has 4 nitrogen and oxygen atoms in total. The van der Waals surface area contributed by atoms with Gasteiger partial charge in [-0.25, -0.2) is 18.2 Å². The fourth-order valence-electron chi connectivity index (χ4n) is 1.29. The molecule has 8 heteroatoms. The van der Waals surface area contributed by atoms with Crippen LogP contribution in [0.5, 0.6) is 6.01 Å². The quantitative estimate of drug-likeness (QED) is 0.675. The van der Waals surface area contributed by atoms with E-state index in [0.717, 1.165) is 12.1 Å². The van der Waals surface area contributed by atoms with E-state index in [4.69, 9.17) is 17.0 Å². The lowest BCUT2D eigenvalue weighted by Gasteiger charge is -2.04. The van der Waals surface area contributed by atoms with Crippen LogP contribution < -0.4 is 4.74 Å². The normalized spacial score (nSPS) is 10.4. The van der Waals surface area contributed by atoms with Gasteiger partial charge >= 0.3 is 0 Å². The van der Waals surface area contributed by atoms with E-state index < -0.39 is 17.5 Å². The Hall–Kier alpha value is -1.96. The maximum Gasteiger partial charge on any atom is 0.297 e. The first-order valence-electron chi connectivity index (χ1n) is 4.68. The van der Waals surface area contributed by atoms with Crippen LogP contribution in [0.25, 0.3) is 11.4 Å². The molecule has 0 bridgehead atoms. The van der Waals surface area contributed by atoms with Crippen LogP contribution in [0.15, 0.2) is 12.1 Å². The Kier molecular flexibility index (Phi) is 3.28. The maximum atomic E-state index is 13.1. The minimum absolute atomic E-state index is 0.00167. The highest BCUT2D eigenvalue weighted by Crippen LogP contribution is 2.21. The summed E-state index contributed by atoms with van der Waals surface area (Å²) < 4.78 is 43.7. The molecule has 0 saturated carbocycles. The number of methoxy groups -OCH3 is 1. The van der Waals surface area contributed by atoms with Crippen molar-refractivity contribution in [1.82, 2.24) is 15.0 Å². The lowest BCUT2D eigenvalue weighted by atomic mass is 10.2. The first-order valence-corrected chi connectivity index (χ1v) is 5.09. The van der Waals surface area contributed by atoms with E-state index in [2.05, 4.69) is 15.0 Å². The number of nitrogens with zero attached hydrogens (tertiary/aromatic N) is 2. The van der Waals surface area contributed by atoms with E-state index in [-0.39, 0.29) is 22.2 Å². The standard InChI is InChI=1S/C10H6F3N3OS/c1-17-9-14-8(15-10(18)16-9)4-2-5(11)7(13)6(12)3-4/h2-3H,1H3,(H,14,15,16,18). The number of aromatic amines is 1. The average molecular weight is 273 g/mol. The van der Waals surface area contributed by atoms with Crippen molar-refractivity contribution in [1.29, 1.82) is 0 Å². The molecule has 0 radical (unpaired) electrons. The Bertz CT molecular complexity index is 636. The van der Waals surface area contributed by atoms with Gasteiger partial charge in [-0.1, -0.05) is 0 Å². The molecule has 0 fully saturated rings. The molecule has 2 rings (SSSR count). The summed E-state index contributed by atoms with van der Waals surface area (Å²) in [7, 11) is 1.34. The van der Waals surface area contributed by atoms with Crippen LogP contribution >= 0.6 is 12.2 Å². The molecule has 18 heavy (non-hydrogen) atoms. The number of ether oxygens (including phenoxy) is 1. The minimum atomic E-state index is -1.54. The van der Waals surface area contributed by atoms with Crippen LogP contribution in [-0.2, 0) is 0 Å². The predicted molar refractivity (Wildman–Crippen MR) is 59.1 cm³/mol. The second-order valence-corrected chi connectivity index (χ2v) is 3.61. The SMILES string of the molecule is COc1nc(=S)nc(-c2cc(F)c(F)c(F)c2)[nH]1. The van der Waals surface area contributed by atoms with Crippen molar-refractivity contribution in [3.8, 4) is 17.4 Å². The van der Waals surface area contributed by atoms with Gasteiger partial charge < -0.3 is 4.74 Å². The Morgan fingerprint density at radius 3 is 2.33 bits per heavy atom. The highest BCUT2D eigenvalue weighted by Gasteiger charge is 2.13. The van der Waals surface area contributed by atoms with Gasteiger partial charge in [-0.15, -0.1) is 0 Å². The van der Waals surface area contributed by atoms with Crippen molar-refractivity contribution in [2.45, 2.75) is 0 Å². The lowest BCUT2D eigenvalue weighted by Crippen LogP contribution is -1.99. The van der Waals surface area contributed by atoms with Crippen molar-refractivity contribution >= 4 is 12.2 Å². The third-order valence-corrected chi connectivity index (χ3v) is 2.26. The molecular formula is C10H6F3N3OS. The van der Waals surface area contributed by atoms with E-state index in [1.807, 2.05) is 0 Å². The summed E-state index contributed by atoms with van der Waals surface area (Å²) in [6.45, 7) is 0. The Labute approximate surface area is 104 Å². The average Bonchev–Trinajstić information content (AvgIpc) is 2.34. The maximum absolute atomic E-state index is 13.1. The van der Waals surface area contributed by atoms with Gasteiger partial charge in [-0.2, -0.15) is 4.98 Å². The number of hydrogen-bond donors (Lipinski definition) is 1. The number of aromatic nitrogens is 3. The summed E-state index contributed by atoms with van der Waals surface area (Å²) in [6, 6.07) is 1.63. The van der Waals surface area contributed by atoms with Gasteiger partial charge in [0.25, 0.3) is 6.01 Å². The van der Waals surface area contributed by atoms with Crippen molar-refractivity contribution in [3.05, 3.63) is 34.4 Å². The van der Waals surface area contributed by atoms with Gasteiger partial charge in [0, 0.05) is 5.56 Å². The molecule has 0 atom stereocenters. The molecule has 0 saturated heterocycles. The lowest BCUT2D eigenvalue weighted by molar-refractivity contribution is 0.378. The molecule has 0 aliphatic heterocycles. The predicted octanol–water partition coefficient (Wildman–Crippen LogP) is 2.63. The molecule has 0 spiro atoms. The molecule has 0 aliphatic rings. The zero-order chi connectivity index (χ0) is 13.3. The summed E-state index contributed by atoms with van der Waals surface area (Å²) >= 11 is 4.76. The van der Waals surface area contributed by atoms with Crippen LogP contribution in [0.3, 0.4) is 0 Å². The first-order chi connectivity index (χ1) is 8.51. The first kappa shape index (κ1) is 12.5. The number of nitrogens with one attached hydrogen (secondary N) is 1. The summed E-state index contributed by atoms with van der Waals surface area (Å²) in [5.74, 6) is -4.15. The van der Waals surface area contributed by atoms with Crippen LogP contribution in [0.2, 0.25) is 0 Å². The third kappa shape index (κ3) is 2.33. The molecule has 1 aromatic carbocycles. The number of H-pyrrole nitrogens is 1. The minimum Gasteiger partial charge on any atom is -0.468 e. The fraction of sp³-hybridized carbons (Fsp3) is 0.100. The molecule has 2 aromatic rings. The smallest absolute Gasteiger partial charge is 0.297 e. The molecule has 1 heterocycles. The summed E-state index contributed by atoms with van der Waals surface area (Å²) in [5.41, 5.74) is -0.00167. The fourth-order valence-corrected chi connectivity index (χ4v) is 1.46. The monoisotopic (exact) mass is 273 g/mol.